The lowest BCUT2D eigenvalue weighted by atomic mass is 10.1. The van der Waals surface area contributed by atoms with E-state index in [4.69, 9.17) is 0 Å². The Kier molecular flexibility index (Phi) is 4.00. The van der Waals surface area contributed by atoms with Crippen molar-refractivity contribution in [2.75, 3.05) is 0 Å². The Bertz CT molecular complexity index is 570. The van der Waals surface area contributed by atoms with Crippen LogP contribution in [0.15, 0.2) is 18.3 Å². The molecule has 0 unspecified atom stereocenters. The highest BCUT2D eigenvalue weighted by Gasteiger charge is 2.11. The SMILES string of the molecule is Cc1cc(C)c(CNC(C)C)c(-n2ccc(C)n2)n1. The Balaban J connectivity index is 2.45. The minimum Gasteiger partial charge on any atom is -0.310 e. The fraction of sp³-hybridized carbons (Fsp3) is 0.467. The van der Waals surface area contributed by atoms with E-state index in [-0.39, 0.29) is 0 Å². The number of hydrogen-bond acceptors (Lipinski definition) is 3. The van der Waals surface area contributed by atoms with Crippen LogP contribution in [0.4, 0.5) is 0 Å². The first-order valence-electron chi connectivity index (χ1n) is 6.70. The number of hydrogen-bond donors (Lipinski definition) is 1. The van der Waals surface area contributed by atoms with Crippen molar-refractivity contribution in [1.82, 2.24) is 20.1 Å². The number of aryl methyl sites for hydroxylation is 3. The highest BCUT2D eigenvalue weighted by Crippen LogP contribution is 2.18. The van der Waals surface area contributed by atoms with Gasteiger partial charge in [-0.05, 0) is 38.5 Å². The van der Waals surface area contributed by atoms with Crippen molar-refractivity contribution in [1.29, 1.82) is 0 Å². The van der Waals surface area contributed by atoms with E-state index in [2.05, 4.69) is 42.2 Å². The third-order valence-electron chi connectivity index (χ3n) is 3.08. The van der Waals surface area contributed by atoms with E-state index >= 15 is 0 Å². The van der Waals surface area contributed by atoms with Gasteiger partial charge in [-0.2, -0.15) is 5.10 Å². The first-order valence-corrected chi connectivity index (χ1v) is 6.70. The first kappa shape index (κ1) is 13.7. The summed E-state index contributed by atoms with van der Waals surface area (Å²) in [7, 11) is 0. The molecule has 0 radical (unpaired) electrons. The molecule has 0 saturated heterocycles. The van der Waals surface area contributed by atoms with Crippen LogP contribution in [-0.2, 0) is 6.54 Å². The predicted molar refractivity (Wildman–Crippen MR) is 77.5 cm³/mol. The molecule has 0 aromatic carbocycles. The molecule has 0 atom stereocenters. The molecule has 1 N–H and O–H groups in total. The summed E-state index contributed by atoms with van der Waals surface area (Å²) in [6, 6.07) is 4.57. The summed E-state index contributed by atoms with van der Waals surface area (Å²) in [6.07, 6.45) is 1.97. The minimum atomic E-state index is 0.452. The topological polar surface area (TPSA) is 42.7 Å². The molecule has 0 saturated carbocycles. The second-order valence-corrected chi connectivity index (χ2v) is 5.32. The highest BCUT2D eigenvalue weighted by atomic mass is 15.3. The molecule has 0 aliphatic carbocycles. The molecule has 2 rings (SSSR count). The average Bonchev–Trinajstić information content (AvgIpc) is 2.73. The van der Waals surface area contributed by atoms with Crippen molar-refractivity contribution >= 4 is 0 Å². The Morgan fingerprint density at radius 2 is 1.95 bits per heavy atom. The van der Waals surface area contributed by atoms with Crippen LogP contribution < -0.4 is 5.32 Å². The monoisotopic (exact) mass is 258 g/mol. The van der Waals surface area contributed by atoms with Gasteiger partial charge in [0.25, 0.3) is 0 Å². The first-order chi connectivity index (χ1) is 8.97. The lowest BCUT2D eigenvalue weighted by Crippen LogP contribution is -2.24. The van der Waals surface area contributed by atoms with Crippen molar-refractivity contribution in [3.63, 3.8) is 0 Å². The lowest BCUT2D eigenvalue weighted by molar-refractivity contribution is 0.583. The third kappa shape index (κ3) is 3.20. The van der Waals surface area contributed by atoms with Gasteiger partial charge >= 0.3 is 0 Å². The fourth-order valence-electron chi connectivity index (χ4n) is 2.09. The Morgan fingerprint density at radius 3 is 2.53 bits per heavy atom. The van der Waals surface area contributed by atoms with Gasteiger partial charge in [-0.15, -0.1) is 0 Å². The molecule has 0 aliphatic heterocycles. The van der Waals surface area contributed by atoms with Crippen LogP contribution in [0.3, 0.4) is 0 Å². The summed E-state index contributed by atoms with van der Waals surface area (Å²) < 4.78 is 1.87. The van der Waals surface area contributed by atoms with Crippen LogP contribution >= 0.6 is 0 Å². The molecule has 2 aromatic rings. The van der Waals surface area contributed by atoms with Gasteiger partial charge in [-0.3, -0.25) is 0 Å². The van der Waals surface area contributed by atoms with Crippen molar-refractivity contribution in [3.8, 4) is 5.82 Å². The second kappa shape index (κ2) is 5.53. The maximum Gasteiger partial charge on any atom is 0.158 e. The van der Waals surface area contributed by atoms with E-state index < -0.39 is 0 Å². The van der Waals surface area contributed by atoms with Crippen LogP contribution in [0.5, 0.6) is 0 Å². The van der Waals surface area contributed by atoms with Gasteiger partial charge in [-0.1, -0.05) is 13.8 Å². The molecular formula is C15H22N4. The van der Waals surface area contributed by atoms with Crippen molar-refractivity contribution < 1.29 is 0 Å². The molecule has 4 heteroatoms. The molecule has 102 valence electrons. The molecule has 19 heavy (non-hydrogen) atoms. The van der Waals surface area contributed by atoms with Crippen LogP contribution in [0.1, 0.15) is 36.4 Å². The fourth-order valence-corrected chi connectivity index (χ4v) is 2.09. The summed E-state index contributed by atoms with van der Waals surface area (Å²) in [5.74, 6) is 0.929. The highest BCUT2D eigenvalue weighted by molar-refractivity contribution is 5.41. The summed E-state index contributed by atoms with van der Waals surface area (Å²) in [5.41, 5.74) is 4.49. The Morgan fingerprint density at radius 1 is 1.21 bits per heavy atom. The zero-order valence-electron chi connectivity index (χ0n) is 12.4. The van der Waals surface area contributed by atoms with E-state index in [1.165, 1.54) is 11.1 Å². The van der Waals surface area contributed by atoms with Gasteiger partial charge in [0.15, 0.2) is 5.82 Å². The van der Waals surface area contributed by atoms with Gasteiger partial charge in [-0.25, -0.2) is 9.67 Å². The van der Waals surface area contributed by atoms with E-state index in [0.29, 0.717) is 6.04 Å². The molecule has 0 bridgehead atoms. The molecule has 4 nitrogen and oxygen atoms in total. The predicted octanol–water partition coefficient (Wildman–Crippen LogP) is 2.69. The maximum atomic E-state index is 4.66. The molecule has 2 heterocycles. The largest absolute Gasteiger partial charge is 0.310 e. The van der Waals surface area contributed by atoms with Crippen LogP contribution in [0.2, 0.25) is 0 Å². The normalized spacial score (nSPS) is 11.3. The summed E-state index contributed by atoms with van der Waals surface area (Å²) in [4.78, 5) is 4.66. The number of pyridine rings is 1. The minimum absolute atomic E-state index is 0.452. The van der Waals surface area contributed by atoms with E-state index in [1.54, 1.807) is 0 Å². The Hall–Kier alpha value is -1.68. The molecule has 0 amide bonds. The number of rotatable bonds is 4. The molecule has 0 spiro atoms. The molecule has 2 aromatic heterocycles. The zero-order chi connectivity index (χ0) is 14.0. The van der Waals surface area contributed by atoms with Gasteiger partial charge in [0, 0.05) is 30.0 Å². The number of nitrogens with one attached hydrogen (secondary N) is 1. The van der Waals surface area contributed by atoms with Crippen molar-refractivity contribution in [2.24, 2.45) is 0 Å². The molecule has 0 aliphatic rings. The van der Waals surface area contributed by atoms with Crippen LogP contribution in [0.25, 0.3) is 5.82 Å². The number of nitrogens with zero attached hydrogens (tertiary/aromatic N) is 3. The van der Waals surface area contributed by atoms with Gasteiger partial charge in [0.05, 0.1) is 5.69 Å². The Labute approximate surface area is 114 Å². The van der Waals surface area contributed by atoms with Gasteiger partial charge in [0.1, 0.15) is 0 Å². The van der Waals surface area contributed by atoms with Gasteiger partial charge in [0.2, 0.25) is 0 Å². The summed E-state index contributed by atoms with van der Waals surface area (Å²) >= 11 is 0. The van der Waals surface area contributed by atoms with E-state index in [9.17, 15) is 0 Å². The van der Waals surface area contributed by atoms with Crippen molar-refractivity contribution in [2.45, 2.75) is 47.2 Å². The molecular weight excluding hydrogens is 236 g/mol. The van der Waals surface area contributed by atoms with Crippen LogP contribution in [0, 0.1) is 20.8 Å². The lowest BCUT2D eigenvalue weighted by Gasteiger charge is -2.15. The average molecular weight is 258 g/mol. The third-order valence-corrected chi connectivity index (χ3v) is 3.08. The summed E-state index contributed by atoms with van der Waals surface area (Å²) in [5, 5.41) is 7.94. The van der Waals surface area contributed by atoms with Gasteiger partial charge < -0.3 is 5.32 Å². The van der Waals surface area contributed by atoms with E-state index in [0.717, 1.165) is 23.8 Å². The molecule has 0 fully saturated rings. The zero-order valence-corrected chi connectivity index (χ0v) is 12.4. The smallest absolute Gasteiger partial charge is 0.158 e. The number of aromatic nitrogens is 3. The van der Waals surface area contributed by atoms with Crippen molar-refractivity contribution in [3.05, 3.63) is 40.8 Å². The van der Waals surface area contributed by atoms with E-state index in [1.807, 2.05) is 30.8 Å². The summed E-state index contributed by atoms with van der Waals surface area (Å²) in [6.45, 7) is 11.2. The maximum absolute atomic E-state index is 4.66. The van der Waals surface area contributed by atoms with Crippen LogP contribution in [-0.4, -0.2) is 20.8 Å². The quantitative estimate of drug-likeness (QED) is 0.917. The standard InChI is InChI=1S/C15H22N4/c1-10(2)16-9-14-11(3)8-13(5)17-15(14)19-7-6-12(4)18-19/h6-8,10,16H,9H2,1-5H3. The second-order valence-electron chi connectivity index (χ2n) is 5.32.